The molecule has 0 radical (unpaired) electrons. The van der Waals surface area contributed by atoms with Gasteiger partial charge in [0.15, 0.2) is 5.82 Å². The fourth-order valence-corrected chi connectivity index (χ4v) is 4.92. The third kappa shape index (κ3) is 5.20. The molecule has 1 aliphatic rings. The zero-order valence-corrected chi connectivity index (χ0v) is 19.2. The smallest absolute Gasteiger partial charge is 0.173 e. The van der Waals surface area contributed by atoms with E-state index in [0.29, 0.717) is 19.1 Å². The molecule has 1 aliphatic carbocycles. The number of halogens is 1. The topological polar surface area (TPSA) is 59.7 Å². The van der Waals surface area contributed by atoms with Crippen LogP contribution in [-0.2, 0) is 13.1 Å². The standard InChI is InChI=1S/C27H29FN6/c28-24-13-11-22(12-14-24)20-33(19-21-7-3-1-4-8-21)26(23-15-17-29-18-16-23)27-30-31-32-34(27)25-9-5-2-6-10-25/h1,3-4,7-8,11-18,25-26H,2,5-6,9-10,19-20H2/t26-/m0/s1. The molecule has 1 fully saturated rings. The van der Waals surface area contributed by atoms with Gasteiger partial charge in [0.25, 0.3) is 0 Å². The Balaban J connectivity index is 1.57. The van der Waals surface area contributed by atoms with Gasteiger partial charge in [-0.3, -0.25) is 9.88 Å². The van der Waals surface area contributed by atoms with Gasteiger partial charge in [-0.1, -0.05) is 61.7 Å². The van der Waals surface area contributed by atoms with Crippen LogP contribution in [0.3, 0.4) is 0 Å². The minimum absolute atomic E-state index is 0.176. The number of hydrogen-bond donors (Lipinski definition) is 0. The molecule has 1 atom stereocenters. The van der Waals surface area contributed by atoms with Crippen LogP contribution < -0.4 is 0 Å². The molecule has 34 heavy (non-hydrogen) atoms. The van der Waals surface area contributed by atoms with E-state index in [2.05, 4.69) is 49.7 Å². The van der Waals surface area contributed by atoms with E-state index in [1.54, 1.807) is 0 Å². The second kappa shape index (κ2) is 10.7. The van der Waals surface area contributed by atoms with Crippen LogP contribution in [0.4, 0.5) is 4.39 Å². The molecule has 0 aliphatic heterocycles. The normalized spacial score (nSPS) is 15.5. The lowest BCUT2D eigenvalue weighted by molar-refractivity contribution is 0.187. The maximum absolute atomic E-state index is 13.6. The maximum Gasteiger partial charge on any atom is 0.173 e. The number of hydrogen-bond acceptors (Lipinski definition) is 5. The van der Waals surface area contributed by atoms with Gasteiger partial charge >= 0.3 is 0 Å². The molecule has 0 amide bonds. The summed E-state index contributed by atoms with van der Waals surface area (Å²) in [6.07, 6.45) is 9.49. The fourth-order valence-electron chi connectivity index (χ4n) is 4.92. The second-order valence-corrected chi connectivity index (χ2v) is 8.97. The summed E-state index contributed by atoms with van der Waals surface area (Å²) in [6, 6.07) is 21.3. The lowest BCUT2D eigenvalue weighted by atomic mass is 9.95. The predicted molar refractivity (Wildman–Crippen MR) is 128 cm³/mol. The SMILES string of the molecule is Fc1ccc(CN(Cc2ccccc2)[C@@H](c2ccncc2)c2nnnn2C2CCCCC2)cc1. The summed E-state index contributed by atoms with van der Waals surface area (Å²) in [5.74, 6) is 0.612. The Morgan fingerprint density at radius 1 is 0.853 bits per heavy atom. The highest BCUT2D eigenvalue weighted by Crippen LogP contribution is 2.34. The number of aromatic nitrogens is 5. The van der Waals surface area contributed by atoms with E-state index in [-0.39, 0.29) is 11.9 Å². The highest BCUT2D eigenvalue weighted by molar-refractivity contribution is 5.25. The zero-order chi connectivity index (χ0) is 23.2. The van der Waals surface area contributed by atoms with Gasteiger partial charge in [-0.15, -0.1) is 5.10 Å². The van der Waals surface area contributed by atoms with Crippen LogP contribution in [0.2, 0.25) is 0 Å². The van der Waals surface area contributed by atoms with Crippen LogP contribution in [-0.4, -0.2) is 30.1 Å². The first-order chi connectivity index (χ1) is 16.8. The van der Waals surface area contributed by atoms with Gasteiger partial charge in [0, 0.05) is 25.5 Å². The Morgan fingerprint density at radius 3 is 2.24 bits per heavy atom. The fraction of sp³-hybridized carbons (Fsp3) is 0.333. The summed E-state index contributed by atoms with van der Waals surface area (Å²) in [4.78, 5) is 6.60. The highest BCUT2D eigenvalue weighted by Gasteiger charge is 2.31. The zero-order valence-electron chi connectivity index (χ0n) is 19.2. The van der Waals surface area contributed by atoms with Crippen molar-refractivity contribution in [2.75, 3.05) is 0 Å². The molecule has 5 rings (SSSR count). The molecular weight excluding hydrogens is 427 g/mol. The number of benzene rings is 2. The quantitative estimate of drug-likeness (QED) is 0.350. The third-order valence-corrected chi connectivity index (χ3v) is 6.60. The molecule has 2 aromatic heterocycles. The van der Waals surface area contributed by atoms with Crippen molar-refractivity contribution >= 4 is 0 Å². The Morgan fingerprint density at radius 2 is 1.53 bits per heavy atom. The van der Waals surface area contributed by atoms with Crippen molar-refractivity contribution in [1.82, 2.24) is 30.1 Å². The van der Waals surface area contributed by atoms with Gasteiger partial charge < -0.3 is 0 Å². The minimum atomic E-state index is -0.231. The minimum Gasteiger partial charge on any atom is -0.281 e. The molecule has 7 heteroatoms. The highest BCUT2D eigenvalue weighted by atomic mass is 19.1. The van der Waals surface area contributed by atoms with Crippen LogP contribution in [0, 0.1) is 5.82 Å². The monoisotopic (exact) mass is 456 g/mol. The molecule has 0 unspecified atom stereocenters. The van der Waals surface area contributed by atoms with Gasteiger partial charge in [-0.25, -0.2) is 9.07 Å². The van der Waals surface area contributed by atoms with Crippen molar-refractivity contribution in [2.45, 2.75) is 57.3 Å². The predicted octanol–water partition coefficient (Wildman–Crippen LogP) is 5.50. The molecule has 4 aromatic rings. The van der Waals surface area contributed by atoms with E-state index in [1.807, 2.05) is 47.4 Å². The molecular formula is C27H29FN6. The Labute approximate surface area is 199 Å². The van der Waals surface area contributed by atoms with Crippen molar-refractivity contribution in [3.63, 3.8) is 0 Å². The van der Waals surface area contributed by atoms with Crippen LogP contribution in [0.15, 0.2) is 79.1 Å². The Kier molecular flexibility index (Phi) is 7.00. The average Bonchev–Trinajstić information content (AvgIpc) is 3.37. The maximum atomic E-state index is 13.6. The number of rotatable bonds is 8. The van der Waals surface area contributed by atoms with Gasteiger partial charge in [0.2, 0.25) is 0 Å². The Hall–Kier alpha value is -3.45. The van der Waals surface area contributed by atoms with E-state index < -0.39 is 0 Å². The number of tetrazole rings is 1. The Bertz CT molecular complexity index is 1160. The lowest BCUT2D eigenvalue weighted by Crippen LogP contribution is -2.32. The average molecular weight is 457 g/mol. The lowest BCUT2D eigenvalue weighted by Gasteiger charge is -2.33. The molecule has 1 saturated carbocycles. The largest absolute Gasteiger partial charge is 0.281 e. The van der Waals surface area contributed by atoms with Gasteiger partial charge in [0.1, 0.15) is 5.82 Å². The van der Waals surface area contributed by atoms with Crippen molar-refractivity contribution in [3.8, 4) is 0 Å². The van der Waals surface area contributed by atoms with E-state index in [0.717, 1.165) is 29.8 Å². The molecule has 6 nitrogen and oxygen atoms in total. The number of pyridine rings is 1. The van der Waals surface area contributed by atoms with Crippen LogP contribution in [0.25, 0.3) is 0 Å². The van der Waals surface area contributed by atoms with Gasteiger partial charge in [-0.2, -0.15) is 0 Å². The summed E-state index contributed by atoms with van der Waals surface area (Å²) in [6.45, 7) is 1.32. The van der Waals surface area contributed by atoms with Gasteiger partial charge in [-0.05, 0) is 64.2 Å². The van der Waals surface area contributed by atoms with Crippen LogP contribution in [0.5, 0.6) is 0 Å². The van der Waals surface area contributed by atoms with E-state index in [9.17, 15) is 4.39 Å². The first-order valence-corrected chi connectivity index (χ1v) is 12.0. The van der Waals surface area contributed by atoms with Crippen molar-refractivity contribution in [2.24, 2.45) is 0 Å². The van der Waals surface area contributed by atoms with Crippen molar-refractivity contribution in [1.29, 1.82) is 0 Å². The van der Waals surface area contributed by atoms with Crippen molar-refractivity contribution in [3.05, 3.63) is 107 Å². The molecule has 2 heterocycles. The molecule has 174 valence electrons. The van der Waals surface area contributed by atoms with Gasteiger partial charge in [0.05, 0.1) is 12.1 Å². The van der Waals surface area contributed by atoms with E-state index in [1.165, 1.54) is 37.0 Å². The van der Waals surface area contributed by atoms with Crippen LogP contribution >= 0.6 is 0 Å². The first-order valence-electron chi connectivity index (χ1n) is 12.0. The molecule has 2 aromatic carbocycles. The number of nitrogens with zero attached hydrogens (tertiary/aromatic N) is 6. The second-order valence-electron chi connectivity index (χ2n) is 8.97. The third-order valence-electron chi connectivity index (χ3n) is 6.60. The molecule has 0 N–H and O–H groups in total. The summed E-state index contributed by atoms with van der Waals surface area (Å²) < 4.78 is 15.7. The van der Waals surface area contributed by atoms with Crippen molar-refractivity contribution < 1.29 is 4.39 Å². The summed E-state index contributed by atoms with van der Waals surface area (Å²) in [5, 5.41) is 13.1. The summed E-state index contributed by atoms with van der Waals surface area (Å²) in [5.41, 5.74) is 3.31. The molecule has 0 bridgehead atoms. The first kappa shape index (κ1) is 22.3. The van der Waals surface area contributed by atoms with E-state index >= 15 is 0 Å². The molecule has 0 spiro atoms. The van der Waals surface area contributed by atoms with E-state index in [4.69, 9.17) is 0 Å². The van der Waals surface area contributed by atoms with Crippen LogP contribution in [0.1, 0.15) is 66.7 Å². The molecule has 0 saturated heterocycles. The summed E-state index contributed by atoms with van der Waals surface area (Å²) in [7, 11) is 0. The summed E-state index contributed by atoms with van der Waals surface area (Å²) >= 11 is 0.